The Morgan fingerprint density at radius 1 is 1.22 bits per heavy atom. The molecule has 2 heteroatoms. The standard InChI is InChI=1S/C16H30N2/c1-13(2)8-10-18-11-15-7-5-6-9-17(15)12-16(18)14(3)4/h8,14-16H,5-7,9-12H2,1-4H3. The first kappa shape index (κ1) is 14.1. The van der Waals surface area contributed by atoms with Gasteiger partial charge in [-0.2, -0.15) is 0 Å². The van der Waals surface area contributed by atoms with Crippen molar-refractivity contribution in [2.24, 2.45) is 5.92 Å². The highest BCUT2D eigenvalue weighted by atomic mass is 15.3. The molecule has 0 saturated carbocycles. The second kappa shape index (κ2) is 6.21. The van der Waals surface area contributed by atoms with Crippen molar-refractivity contribution in [1.82, 2.24) is 9.80 Å². The molecule has 18 heavy (non-hydrogen) atoms. The SMILES string of the molecule is CC(C)=CCN1CC2CCCCN2CC1C(C)C. The zero-order valence-corrected chi connectivity index (χ0v) is 12.7. The van der Waals surface area contributed by atoms with Crippen LogP contribution in [0.25, 0.3) is 0 Å². The molecule has 2 saturated heterocycles. The van der Waals surface area contributed by atoms with Gasteiger partial charge in [0.15, 0.2) is 0 Å². The van der Waals surface area contributed by atoms with Gasteiger partial charge in [0.1, 0.15) is 0 Å². The van der Waals surface area contributed by atoms with E-state index in [9.17, 15) is 0 Å². The topological polar surface area (TPSA) is 6.48 Å². The average molecular weight is 250 g/mol. The molecule has 2 rings (SSSR count). The second-order valence-electron chi connectivity index (χ2n) is 6.69. The largest absolute Gasteiger partial charge is 0.298 e. The van der Waals surface area contributed by atoms with E-state index in [1.165, 1.54) is 44.5 Å². The first-order valence-corrected chi connectivity index (χ1v) is 7.69. The number of nitrogens with zero attached hydrogens (tertiary/aromatic N) is 2. The molecule has 0 amide bonds. The smallest absolute Gasteiger partial charge is 0.0250 e. The summed E-state index contributed by atoms with van der Waals surface area (Å²) in [7, 11) is 0. The molecule has 2 unspecified atom stereocenters. The summed E-state index contributed by atoms with van der Waals surface area (Å²) >= 11 is 0. The average Bonchev–Trinajstić information content (AvgIpc) is 2.35. The monoisotopic (exact) mass is 250 g/mol. The van der Waals surface area contributed by atoms with Crippen LogP contribution >= 0.6 is 0 Å². The zero-order valence-electron chi connectivity index (χ0n) is 12.7. The van der Waals surface area contributed by atoms with Gasteiger partial charge in [-0.1, -0.05) is 31.9 Å². The molecule has 0 spiro atoms. The molecule has 0 bridgehead atoms. The molecular formula is C16H30N2. The van der Waals surface area contributed by atoms with Crippen LogP contribution in [0.2, 0.25) is 0 Å². The lowest BCUT2D eigenvalue weighted by atomic mass is 9.92. The van der Waals surface area contributed by atoms with Crippen molar-refractivity contribution >= 4 is 0 Å². The van der Waals surface area contributed by atoms with Gasteiger partial charge in [-0.05, 0) is 39.2 Å². The van der Waals surface area contributed by atoms with E-state index in [0.717, 1.165) is 24.5 Å². The lowest BCUT2D eigenvalue weighted by Gasteiger charge is -2.49. The van der Waals surface area contributed by atoms with E-state index in [4.69, 9.17) is 0 Å². The fraction of sp³-hybridized carbons (Fsp3) is 0.875. The van der Waals surface area contributed by atoms with E-state index < -0.39 is 0 Å². The third kappa shape index (κ3) is 3.36. The molecule has 104 valence electrons. The number of allylic oxidation sites excluding steroid dienone is 1. The molecule has 0 radical (unpaired) electrons. The van der Waals surface area contributed by atoms with Crippen LogP contribution < -0.4 is 0 Å². The minimum absolute atomic E-state index is 0.745. The first-order valence-electron chi connectivity index (χ1n) is 7.69. The molecule has 0 aliphatic carbocycles. The van der Waals surface area contributed by atoms with Crippen LogP contribution in [-0.2, 0) is 0 Å². The summed E-state index contributed by atoms with van der Waals surface area (Å²) in [5.41, 5.74) is 1.45. The summed E-state index contributed by atoms with van der Waals surface area (Å²) in [6, 6.07) is 1.58. The fourth-order valence-corrected chi connectivity index (χ4v) is 3.41. The summed E-state index contributed by atoms with van der Waals surface area (Å²) in [6.07, 6.45) is 6.66. The van der Waals surface area contributed by atoms with Gasteiger partial charge >= 0.3 is 0 Å². The Labute approximate surface area is 113 Å². The van der Waals surface area contributed by atoms with Crippen molar-refractivity contribution < 1.29 is 0 Å². The predicted octanol–water partition coefficient (Wildman–Crippen LogP) is 3.15. The normalized spacial score (nSPS) is 30.3. The number of piperazine rings is 1. The van der Waals surface area contributed by atoms with E-state index in [1.54, 1.807) is 0 Å². The number of hydrogen-bond donors (Lipinski definition) is 0. The van der Waals surface area contributed by atoms with E-state index in [2.05, 4.69) is 43.6 Å². The van der Waals surface area contributed by atoms with Crippen molar-refractivity contribution in [3.8, 4) is 0 Å². The molecule has 0 aromatic rings. The van der Waals surface area contributed by atoms with Crippen LogP contribution in [0.3, 0.4) is 0 Å². The van der Waals surface area contributed by atoms with Crippen molar-refractivity contribution in [3.63, 3.8) is 0 Å². The summed E-state index contributed by atoms with van der Waals surface area (Å²) in [6.45, 7) is 14.2. The highest BCUT2D eigenvalue weighted by Crippen LogP contribution is 2.26. The quantitative estimate of drug-likeness (QED) is 0.710. The molecule has 0 aromatic carbocycles. The molecule has 0 N–H and O–H groups in total. The Kier molecular flexibility index (Phi) is 4.85. The van der Waals surface area contributed by atoms with E-state index >= 15 is 0 Å². The molecule has 2 heterocycles. The van der Waals surface area contributed by atoms with Gasteiger partial charge in [0, 0.05) is 31.7 Å². The van der Waals surface area contributed by atoms with Crippen LogP contribution in [0.5, 0.6) is 0 Å². The Morgan fingerprint density at radius 2 is 2.00 bits per heavy atom. The maximum absolute atomic E-state index is 2.76. The van der Waals surface area contributed by atoms with Gasteiger partial charge in [-0.3, -0.25) is 9.80 Å². The van der Waals surface area contributed by atoms with E-state index in [1.807, 2.05) is 0 Å². The van der Waals surface area contributed by atoms with Crippen molar-refractivity contribution in [3.05, 3.63) is 11.6 Å². The molecule has 2 fully saturated rings. The van der Waals surface area contributed by atoms with Crippen LogP contribution in [0, 0.1) is 5.92 Å². The highest BCUT2D eigenvalue weighted by molar-refractivity contribution is 4.99. The van der Waals surface area contributed by atoms with Crippen LogP contribution in [0.1, 0.15) is 47.0 Å². The molecule has 2 aliphatic rings. The van der Waals surface area contributed by atoms with Crippen LogP contribution in [0.4, 0.5) is 0 Å². The Balaban J connectivity index is 2.03. The molecular weight excluding hydrogens is 220 g/mol. The second-order valence-corrected chi connectivity index (χ2v) is 6.69. The third-order valence-corrected chi connectivity index (χ3v) is 4.59. The lowest BCUT2D eigenvalue weighted by molar-refractivity contribution is -0.00132. The van der Waals surface area contributed by atoms with Gasteiger partial charge in [0.05, 0.1) is 0 Å². The number of fused-ring (bicyclic) bond motifs is 1. The summed E-state index contributed by atoms with van der Waals surface area (Å²) < 4.78 is 0. The maximum Gasteiger partial charge on any atom is 0.0250 e. The lowest BCUT2D eigenvalue weighted by Crippen LogP contribution is -2.60. The number of piperidine rings is 1. The minimum atomic E-state index is 0.745. The minimum Gasteiger partial charge on any atom is -0.298 e. The summed E-state index contributed by atoms with van der Waals surface area (Å²) in [5, 5.41) is 0. The summed E-state index contributed by atoms with van der Waals surface area (Å²) in [5.74, 6) is 0.762. The van der Waals surface area contributed by atoms with Crippen molar-refractivity contribution in [1.29, 1.82) is 0 Å². The van der Waals surface area contributed by atoms with Gasteiger partial charge in [-0.15, -0.1) is 0 Å². The molecule has 2 nitrogen and oxygen atoms in total. The van der Waals surface area contributed by atoms with Crippen LogP contribution in [0.15, 0.2) is 11.6 Å². The molecule has 2 aliphatic heterocycles. The number of hydrogen-bond acceptors (Lipinski definition) is 2. The van der Waals surface area contributed by atoms with Gasteiger partial charge < -0.3 is 0 Å². The van der Waals surface area contributed by atoms with Crippen molar-refractivity contribution in [2.75, 3.05) is 26.2 Å². The first-order chi connectivity index (χ1) is 8.58. The Morgan fingerprint density at radius 3 is 2.67 bits per heavy atom. The Bertz CT molecular complexity index is 291. The maximum atomic E-state index is 2.76. The summed E-state index contributed by atoms with van der Waals surface area (Å²) in [4.78, 5) is 5.48. The molecule has 0 aromatic heterocycles. The third-order valence-electron chi connectivity index (χ3n) is 4.59. The highest BCUT2D eigenvalue weighted by Gasteiger charge is 2.35. The van der Waals surface area contributed by atoms with E-state index in [-0.39, 0.29) is 0 Å². The number of rotatable bonds is 3. The van der Waals surface area contributed by atoms with E-state index in [0.29, 0.717) is 0 Å². The fourth-order valence-electron chi connectivity index (χ4n) is 3.41. The Hall–Kier alpha value is -0.340. The van der Waals surface area contributed by atoms with Crippen molar-refractivity contribution in [2.45, 2.75) is 59.0 Å². The zero-order chi connectivity index (χ0) is 13.1. The van der Waals surface area contributed by atoms with Gasteiger partial charge in [0.25, 0.3) is 0 Å². The predicted molar refractivity (Wildman–Crippen MR) is 78.8 cm³/mol. The van der Waals surface area contributed by atoms with Gasteiger partial charge in [0.2, 0.25) is 0 Å². The van der Waals surface area contributed by atoms with Gasteiger partial charge in [-0.25, -0.2) is 0 Å². The van der Waals surface area contributed by atoms with Crippen LogP contribution in [-0.4, -0.2) is 48.1 Å². The molecule has 2 atom stereocenters.